The van der Waals surface area contributed by atoms with Gasteiger partial charge >= 0.3 is 0 Å². The smallest absolute Gasteiger partial charge is 0.159 e. The zero-order chi connectivity index (χ0) is 35.1. The van der Waals surface area contributed by atoms with Crippen LogP contribution in [0.3, 0.4) is 0 Å². The van der Waals surface area contributed by atoms with Crippen LogP contribution in [0, 0.1) is 0 Å². The molecule has 0 radical (unpaired) electrons. The molecule has 1 atom stereocenters. The summed E-state index contributed by atoms with van der Waals surface area (Å²) in [6.07, 6.45) is -0.315. The zero-order valence-electron chi connectivity index (χ0n) is 28.8. The average molecular weight is 680 g/mol. The van der Waals surface area contributed by atoms with Gasteiger partial charge in [0.05, 0.1) is 0 Å². The van der Waals surface area contributed by atoms with Crippen LogP contribution in [0.4, 0.5) is 0 Å². The van der Waals surface area contributed by atoms with Crippen molar-refractivity contribution in [2.75, 3.05) is 0 Å². The molecule has 250 valence electrons. The molecule has 10 rings (SSSR count). The van der Waals surface area contributed by atoms with Crippen molar-refractivity contribution in [3.05, 3.63) is 205 Å². The Morgan fingerprint density at radius 3 is 1.74 bits per heavy atom. The molecule has 0 spiro atoms. The van der Waals surface area contributed by atoms with Gasteiger partial charge in [0.2, 0.25) is 0 Å². The number of nitrogens with one attached hydrogen (secondary N) is 1. The van der Waals surface area contributed by atoms with Crippen LogP contribution >= 0.6 is 0 Å². The molecular weight excluding hydrogens is 647 g/mol. The first-order valence-electron chi connectivity index (χ1n) is 17.9. The largest absolute Gasteiger partial charge is 0.456 e. The number of nitrogens with zero attached hydrogens (tertiary/aromatic N) is 2. The Morgan fingerprint density at radius 1 is 0.434 bits per heavy atom. The van der Waals surface area contributed by atoms with Crippen molar-refractivity contribution in [3.8, 4) is 33.4 Å². The van der Waals surface area contributed by atoms with Crippen LogP contribution in [-0.2, 0) is 0 Å². The summed E-state index contributed by atoms with van der Waals surface area (Å²) in [4.78, 5) is 10.4. The monoisotopic (exact) mass is 679 g/mol. The topological polar surface area (TPSA) is 49.9 Å². The van der Waals surface area contributed by atoms with Crippen molar-refractivity contribution in [1.29, 1.82) is 0 Å². The van der Waals surface area contributed by atoms with Crippen LogP contribution < -0.4 is 5.32 Å². The number of aliphatic imine (C=N–C) groups is 2. The first-order chi connectivity index (χ1) is 26.2. The third-order valence-corrected chi connectivity index (χ3v) is 10.2. The fourth-order valence-corrected chi connectivity index (χ4v) is 7.40. The van der Waals surface area contributed by atoms with Gasteiger partial charge in [0, 0.05) is 21.9 Å². The van der Waals surface area contributed by atoms with Gasteiger partial charge in [-0.15, -0.1) is 0 Å². The molecule has 0 bridgehead atoms. The van der Waals surface area contributed by atoms with Crippen molar-refractivity contribution in [1.82, 2.24) is 5.32 Å². The summed E-state index contributed by atoms with van der Waals surface area (Å²) in [5.41, 5.74) is 11.8. The van der Waals surface area contributed by atoms with Crippen LogP contribution in [0.25, 0.3) is 66.1 Å². The van der Waals surface area contributed by atoms with Crippen molar-refractivity contribution in [2.24, 2.45) is 9.98 Å². The summed E-state index contributed by atoms with van der Waals surface area (Å²) in [6.45, 7) is 0. The zero-order valence-corrected chi connectivity index (χ0v) is 28.8. The quantitative estimate of drug-likeness (QED) is 0.190. The SMILES string of the molecule is c1ccc(-c2ccc(C3=NC(c4ccc5ccc(-c6cccc7oc8ccccc8c67)cc5c4)=NC(c4ccc(-c5ccccc5)cc4)N3)cc2)cc1. The molecule has 0 saturated carbocycles. The van der Waals surface area contributed by atoms with E-state index in [1.165, 1.54) is 16.7 Å². The number of para-hydroxylation sites is 1. The van der Waals surface area contributed by atoms with E-state index in [1.54, 1.807) is 0 Å². The van der Waals surface area contributed by atoms with E-state index in [0.29, 0.717) is 5.84 Å². The van der Waals surface area contributed by atoms with Crippen LogP contribution in [0.5, 0.6) is 0 Å². The van der Waals surface area contributed by atoms with Gasteiger partial charge in [-0.05, 0) is 74.0 Å². The highest BCUT2D eigenvalue weighted by molar-refractivity contribution is 6.15. The minimum atomic E-state index is -0.315. The number of fused-ring (bicyclic) bond motifs is 4. The predicted octanol–water partition coefficient (Wildman–Crippen LogP) is 12.2. The fourth-order valence-electron chi connectivity index (χ4n) is 7.40. The molecule has 4 nitrogen and oxygen atoms in total. The Bertz CT molecular complexity index is 2830. The van der Waals surface area contributed by atoms with Crippen molar-refractivity contribution in [2.45, 2.75) is 6.17 Å². The van der Waals surface area contributed by atoms with Gasteiger partial charge in [-0.2, -0.15) is 0 Å². The highest BCUT2D eigenvalue weighted by Gasteiger charge is 2.22. The first-order valence-corrected chi connectivity index (χ1v) is 17.9. The molecule has 1 aliphatic rings. The molecule has 8 aromatic carbocycles. The second-order valence-corrected chi connectivity index (χ2v) is 13.4. The molecule has 0 fully saturated rings. The Balaban J connectivity index is 1.05. The van der Waals surface area contributed by atoms with Crippen LogP contribution in [0.15, 0.2) is 202 Å². The van der Waals surface area contributed by atoms with Gasteiger partial charge < -0.3 is 9.73 Å². The van der Waals surface area contributed by atoms with Crippen molar-refractivity contribution >= 4 is 44.4 Å². The van der Waals surface area contributed by atoms with Gasteiger partial charge in [0.25, 0.3) is 0 Å². The van der Waals surface area contributed by atoms with Crippen LogP contribution in [0.1, 0.15) is 22.9 Å². The number of benzene rings is 8. The molecule has 0 saturated heterocycles. The molecule has 1 aliphatic heterocycles. The molecule has 1 N–H and O–H groups in total. The van der Waals surface area contributed by atoms with E-state index in [-0.39, 0.29) is 6.17 Å². The summed E-state index contributed by atoms with van der Waals surface area (Å²) in [6, 6.07) is 65.9. The van der Waals surface area contributed by atoms with Gasteiger partial charge in [-0.25, -0.2) is 9.98 Å². The Morgan fingerprint density at radius 2 is 1.00 bits per heavy atom. The van der Waals surface area contributed by atoms with Gasteiger partial charge in [0.15, 0.2) is 5.84 Å². The fraction of sp³-hybridized carbons (Fsp3) is 0.0204. The van der Waals surface area contributed by atoms with E-state index in [1.807, 2.05) is 30.3 Å². The maximum atomic E-state index is 6.22. The standard InChI is InChI=1S/C49H33N3O/c1-3-10-32(11-4-1)34-18-24-37(25-19-34)47-50-48(38-26-20-35(21-27-38)33-12-5-2-6-13-33)52-49(51-47)40-29-23-36-22-28-39(30-41(36)31-40)42-15-9-17-45-46(42)43-14-7-8-16-44(43)53-45/h1-31,47H,(H,50,51,52). The van der Waals surface area contributed by atoms with E-state index < -0.39 is 0 Å². The molecule has 53 heavy (non-hydrogen) atoms. The van der Waals surface area contributed by atoms with Crippen LogP contribution in [0.2, 0.25) is 0 Å². The molecule has 4 heteroatoms. The van der Waals surface area contributed by atoms with E-state index in [9.17, 15) is 0 Å². The first kappa shape index (κ1) is 30.8. The molecule has 1 aromatic heterocycles. The number of hydrogen-bond acceptors (Lipinski definition) is 4. The minimum Gasteiger partial charge on any atom is -0.456 e. The lowest BCUT2D eigenvalue weighted by Gasteiger charge is -2.24. The molecule has 2 heterocycles. The maximum Gasteiger partial charge on any atom is 0.159 e. The third kappa shape index (κ3) is 5.77. The summed E-state index contributed by atoms with van der Waals surface area (Å²) in [5.74, 6) is 1.48. The number of furan rings is 1. The third-order valence-electron chi connectivity index (χ3n) is 10.2. The Labute approximate surface area is 307 Å². The minimum absolute atomic E-state index is 0.315. The van der Waals surface area contributed by atoms with E-state index >= 15 is 0 Å². The second-order valence-electron chi connectivity index (χ2n) is 13.4. The molecule has 9 aromatic rings. The van der Waals surface area contributed by atoms with E-state index in [2.05, 4.69) is 163 Å². The van der Waals surface area contributed by atoms with Crippen molar-refractivity contribution < 1.29 is 4.42 Å². The molecular formula is C49H33N3O. The summed E-state index contributed by atoms with van der Waals surface area (Å²) in [7, 11) is 0. The van der Waals surface area contributed by atoms with E-state index in [4.69, 9.17) is 14.4 Å². The Hall–Kier alpha value is -7.04. The lowest BCUT2D eigenvalue weighted by Crippen LogP contribution is -2.33. The van der Waals surface area contributed by atoms with Crippen molar-refractivity contribution in [3.63, 3.8) is 0 Å². The van der Waals surface area contributed by atoms with E-state index in [0.717, 1.165) is 71.9 Å². The molecule has 0 amide bonds. The van der Waals surface area contributed by atoms with Gasteiger partial charge in [0.1, 0.15) is 23.2 Å². The highest BCUT2D eigenvalue weighted by Crippen LogP contribution is 2.38. The summed E-state index contributed by atoms with van der Waals surface area (Å²) in [5, 5.41) is 8.19. The van der Waals surface area contributed by atoms with Gasteiger partial charge in [-0.1, -0.05) is 164 Å². The van der Waals surface area contributed by atoms with Crippen LogP contribution in [-0.4, -0.2) is 11.7 Å². The maximum absolute atomic E-state index is 6.22. The number of rotatable bonds is 6. The average Bonchev–Trinajstić information content (AvgIpc) is 3.63. The lowest BCUT2D eigenvalue weighted by atomic mass is 9.96. The number of hydrogen-bond donors (Lipinski definition) is 1. The highest BCUT2D eigenvalue weighted by atomic mass is 16.3. The summed E-state index contributed by atoms with van der Waals surface area (Å²) >= 11 is 0. The summed E-state index contributed by atoms with van der Waals surface area (Å²) < 4.78 is 6.22. The van der Waals surface area contributed by atoms with Gasteiger partial charge in [-0.3, -0.25) is 0 Å². The normalized spacial score (nSPS) is 14.2. The second kappa shape index (κ2) is 12.9. The Kier molecular flexibility index (Phi) is 7.51. The number of amidine groups is 2. The molecule has 0 aliphatic carbocycles. The molecule has 1 unspecified atom stereocenters. The lowest BCUT2D eigenvalue weighted by molar-refractivity contribution is 0.669. The predicted molar refractivity (Wildman–Crippen MR) is 219 cm³/mol.